The number of ether oxygens (including phenoxy) is 1. The number of rotatable bonds is 2. The summed E-state index contributed by atoms with van der Waals surface area (Å²) in [6.07, 6.45) is 1.05. The monoisotopic (exact) mass is 295 g/mol. The highest BCUT2D eigenvalue weighted by molar-refractivity contribution is 9.10. The summed E-state index contributed by atoms with van der Waals surface area (Å²) in [5, 5.41) is 0. The van der Waals surface area contributed by atoms with Gasteiger partial charge < -0.3 is 4.74 Å². The summed E-state index contributed by atoms with van der Waals surface area (Å²) >= 11 is 3.59. The van der Waals surface area contributed by atoms with Crippen molar-refractivity contribution in [2.45, 2.75) is 26.8 Å². The summed E-state index contributed by atoms with van der Waals surface area (Å²) in [4.78, 5) is 2.49. The molecular formula is C14H18BrNO. The molecule has 0 atom stereocenters. The van der Waals surface area contributed by atoms with Gasteiger partial charge in [0.15, 0.2) is 0 Å². The van der Waals surface area contributed by atoms with E-state index in [1.807, 2.05) is 0 Å². The van der Waals surface area contributed by atoms with Crippen molar-refractivity contribution in [3.8, 4) is 5.75 Å². The van der Waals surface area contributed by atoms with Crippen LogP contribution in [-0.4, -0.2) is 24.6 Å². The average molecular weight is 296 g/mol. The average Bonchev–Trinajstić information content (AvgIpc) is 2.62. The van der Waals surface area contributed by atoms with Gasteiger partial charge in [-0.1, -0.05) is 29.8 Å². The van der Waals surface area contributed by atoms with E-state index in [1.54, 1.807) is 0 Å². The summed E-state index contributed by atoms with van der Waals surface area (Å²) in [5.74, 6) is 1.14. The number of hydrogen-bond acceptors (Lipinski definition) is 2. The normalized spacial score (nSPS) is 21.8. The molecule has 3 heteroatoms. The van der Waals surface area contributed by atoms with Crippen molar-refractivity contribution in [2.75, 3.05) is 19.7 Å². The van der Waals surface area contributed by atoms with E-state index in [1.165, 1.54) is 28.7 Å². The van der Waals surface area contributed by atoms with Gasteiger partial charge in [-0.3, -0.25) is 4.90 Å². The van der Waals surface area contributed by atoms with Gasteiger partial charge in [-0.05, 0) is 23.1 Å². The molecule has 2 heterocycles. The molecule has 0 unspecified atom stereocenters. The van der Waals surface area contributed by atoms with E-state index in [-0.39, 0.29) is 0 Å². The molecule has 0 amide bonds. The fraction of sp³-hybridized carbons (Fsp3) is 0.571. The summed E-state index contributed by atoms with van der Waals surface area (Å²) in [6, 6.07) is 4.39. The van der Waals surface area contributed by atoms with Gasteiger partial charge in [0.1, 0.15) is 5.75 Å². The molecule has 2 aliphatic heterocycles. The van der Waals surface area contributed by atoms with Crippen molar-refractivity contribution in [2.24, 2.45) is 5.41 Å². The topological polar surface area (TPSA) is 12.5 Å². The molecule has 0 aliphatic carbocycles. The zero-order valence-electron chi connectivity index (χ0n) is 10.4. The minimum absolute atomic E-state index is 0.496. The Morgan fingerprint density at radius 2 is 2.12 bits per heavy atom. The van der Waals surface area contributed by atoms with Crippen LogP contribution < -0.4 is 4.74 Å². The van der Waals surface area contributed by atoms with Gasteiger partial charge >= 0.3 is 0 Å². The molecular weight excluding hydrogens is 278 g/mol. The Hall–Kier alpha value is -0.540. The minimum Gasteiger partial charge on any atom is -0.493 e. The van der Waals surface area contributed by atoms with Crippen LogP contribution in [0.5, 0.6) is 5.75 Å². The lowest BCUT2D eigenvalue weighted by Gasteiger charge is -2.46. The predicted octanol–water partition coefficient (Wildman–Crippen LogP) is 3.23. The molecule has 17 heavy (non-hydrogen) atoms. The van der Waals surface area contributed by atoms with Crippen LogP contribution in [0, 0.1) is 5.41 Å². The first-order chi connectivity index (χ1) is 8.03. The number of hydrogen-bond donors (Lipinski definition) is 0. The highest BCUT2D eigenvalue weighted by atomic mass is 79.9. The third kappa shape index (κ3) is 2.23. The number of benzene rings is 1. The van der Waals surface area contributed by atoms with Gasteiger partial charge in [-0.2, -0.15) is 0 Å². The van der Waals surface area contributed by atoms with Crippen molar-refractivity contribution < 1.29 is 4.74 Å². The van der Waals surface area contributed by atoms with E-state index in [9.17, 15) is 0 Å². The molecule has 1 saturated heterocycles. The number of likely N-dealkylation sites (tertiary alicyclic amines) is 1. The Balaban J connectivity index is 1.79. The van der Waals surface area contributed by atoms with Gasteiger partial charge in [-0.15, -0.1) is 0 Å². The Labute approximate surface area is 111 Å². The second-order valence-corrected chi connectivity index (χ2v) is 6.88. The number of halogens is 1. The maximum absolute atomic E-state index is 5.76. The first kappa shape index (κ1) is 11.5. The van der Waals surface area contributed by atoms with Crippen molar-refractivity contribution >= 4 is 15.9 Å². The largest absolute Gasteiger partial charge is 0.493 e. The zero-order chi connectivity index (χ0) is 12.0. The molecule has 0 saturated carbocycles. The minimum atomic E-state index is 0.496. The molecule has 0 spiro atoms. The highest BCUT2D eigenvalue weighted by Crippen LogP contribution is 2.36. The Morgan fingerprint density at radius 1 is 1.35 bits per heavy atom. The second-order valence-electron chi connectivity index (χ2n) is 5.96. The van der Waals surface area contributed by atoms with E-state index in [0.717, 1.165) is 25.3 Å². The highest BCUT2D eigenvalue weighted by Gasteiger charge is 2.34. The van der Waals surface area contributed by atoms with Crippen LogP contribution >= 0.6 is 15.9 Å². The standard InChI is InChI=1S/C14H18BrNO/c1-14(2)8-16(9-14)7-11-6-12(15)5-10-3-4-17-13(10)11/h5-6H,3-4,7-9H2,1-2H3. The maximum Gasteiger partial charge on any atom is 0.127 e. The summed E-state index contributed by atoms with van der Waals surface area (Å²) in [7, 11) is 0. The Kier molecular flexibility index (Phi) is 2.71. The molecule has 92 valence electrons. The molecule has 0 aromatic heterocycles. The van der Waals surface area contributed by atoms with Crippen LogP contribution in [0.1, 0.15) is 25.0 Å². The first-order valence-corrected chi connectivity index (χ1v) is 6.99. The fourth-order valence-electron chi connectivity index (χ4n) is 2.98. The predicted molar refractivity (Wildman–Crippen MR) is 72.4 cm³/mol. The second kappa shape index (κ2) is 3.99. The Morgan fingerprint density at radius 3 is 2.82 bits per heavy atom. The Bertz CT molecular complexity index is 448. The molecule has 1 fully saturated rings. The van der Waals surface area contributed by atoms with E-state index in [4.69, 9.17) is 4.74 Å². The maximum atomic E-state index is 5.76. The first-order valence-electron chi connectivity index (χ1n) is 6.20. The molecule has 1 aromatic carbocycles. The molecule has 2 nitrogen and oxygen atoms in total. The quantitative estimate of drug-likeness (QED) is 0.831. The van der Waals surface area contributed by atoms with Crippen LogP contribution in [0.15, 0.2) is 16.6 Å². The summed E-state index contributed by atoms with van der Waals surface area (Å²) < 4.78 is 6.94. The van der Waals surface area contributed by atoms with Gasteiger partial charge in [-0.25, -0.2) is 0 Å². The van der Waals surface area contributed by atoms with Crippen LogP contribution in [0.2, 0.25) is 0 Å². The fourth-order valence-corrected chi connectivity index (χ4v) is 3.53. The van der Waals surface area contributed by atoms with E-state index in [2.05, 4.69) is 46.8 Å². The van der Waals surface area contributed by atoms with Crippen molar-refractivity contribution in [3.63, 3.8) is 0 Å². The molecule has 3 rings (SSSR count). The van der Waals surface area contributed by atoms with Crippen molar-refractivity contribution in [1.82, 2.24) is 4.90 Å². The van der Waals surface area contributed by atoms with E-state index in [0.29, 0.717) is 5.41 Å². The van der Waals surface area contributed by atoms with Gasteiger partial charge in [0, 0.05) is 36.1 Å². The van der Waals surface area contributed by atoms with E-state index >= 15 is 0 Å². The van der Waals surface area contributed by atoms with Gasteiger partial charge in [0.05, 0.1) is 6.61 Å². The van der Waals surface area contributed by atoms with E-state index < -0.39 is 0 Å². The smallest absolute Gasteiger partial charge is 0.127 e. The molecule has 0 N–H and O–H groups in total. The number of fused-ring (bicyclic) bond motifs is 1. The van der Waals surface area contributed by atoms with Crippen LogP contribution in [0.3, 0.4) is 0 Å². The lowest BCUT2D eigenvalue weighted by Crippen LogP contribution is -2.52. The third-order valence-electron chi connectivity index (χ3n) is 3.52. The third-order valence-corrected chi connectivity index (χ3v) is 3.98. The lowest BCUT2D eigenvalue weighted by atomic mass is 9.84. The van der Waals surface area contributed by atoms with Crippen molar-refractivity contribution in [3.05, 3.63) is 27.7 Å². The number of nitrogens with zero attached hydrogens (tertiary/aromatic N) is 1. The molecule has 2 aliphatic rings. The summed E-state index contributed by atoms with van der Waals surface area (Å²) in [6.45, 7) is 8.88. The SMILES string of the molecule is CC1(C)CN(Cc2cc(Br)cc3c2OCC3)C1. The van der Waals surface area contributed by atoms with Gasteiger partial charge in [0.25, 0.3) is 0 Å². The van der Waals surface area contributed by atoms with Crippen molar-refractivity contribution in [1.29, 1.82) is 0 Å². The lowest BCUT2D eigenvalue weighted by molar-refractivity contribution is 0.0237. The molecule has 1 aromatic rings. The molecule has 0 radical (unpaired) electrons. The summed E-state index contributed by atoms with van der Waals surface area (Å²) in [5.41, 5.74) is 3.19. The van der Waals surface area contributed by atoms with Crippen LogP contribution in [0.25, 0.3) is 0 Å². The van der Waals surface area contributed by atoms with Crippen LogP contribution in [-0.2, 0) is 13.0 Å². The molecule has 0 bridgehead atoms. The van der Waals surface area contributed by atoms with Crippen LogP contribution in [0.4, 0.5) is 0 Å². The zero-order valence-corrected chi connectivity index (χ0v) is 12.0. The van der Waals surface area contributed by atoms with Gasteiger partial charge in [0.2, 0.25) is 0 Å².